The molecule has 2 heterocycles. The molecule has 2 aromatic rings. The molecule has 0 amide bonds. The first-order valence-electron chi connectivity index (χ1n) is 6.24. The van der Waals surface area contributed by atoms with E-state index in [4.69, 9.17) is 0 Å². The molecule has 6 heteroatoms. The highest BCUT2D eigenvalue weighted by atomic mass is 16.1. The quantitative estimate of drug-likeness (QED) is 0.760. The first-order valence-corrected chi connectivity index (χ1v) is 6.24. The van der Waals surface area contributed by atoms with E-state index in [1.807, 2.05) is 6.92 Å². The van der Waals surface area contributed by atoms with Gasteiger partial charge in [0.15, 0.2) is 5.78 Å². The summed E-state index contributed by atoms with van der Waals surface area (Å²) in [7, 11) is 0. The fourth-order valence-corrected chi connectivity index (χ4v) is 1.69. The van der Waals surface area contributed by atoms with Crippen molar-refractivity contribution in [2.45, 2.75) is 33.7 Å². The minimum absolute atomic E-state index is 0.0921. The molecule has 0 bridgehead atoms. The van der Waals surface area contributed by atoms with E-state index in [0.29, 0.717) is 17.4 Å². The summed E-state index contributed by atoms with van der Waals surface area (Å²) in [5.74, 6) is 1.03. The highest BCUT2D eigenvalue weighted by Crippen LogP contribution is 2.05. The third kappa shape index (κ3) is 3.43. The number of aromatic nitrogens is 5. The summed E-state index contributed by atoms with van der Waals surface area (Å²) in [5.41, 5.74) is 1.16. The van der Waals surface area contributed by atoms with Crippen LogP contribution in [-0.4, -0.2) is 30.5 Å². The molecule has 19 heavy (non-hydrogen) atoms. The number of rotatable bonds is 5. The summed E-state index contributed by atoms with van der Waals surface area (Å²) < 4.78 is 1.77. The Bertz CT molecular complexity index is 559. The molecule has 0 fully saturated rings. The van der Waals surface area contributed by atoms with Crippen molar-refractivity contribution in [2.24, 2.45) is 5.92 Å². The molecule has 100 valence electrons. The molecule has 2 aromatic heterocycles. The van der Waals surface area contributed by atoms with Gasteiger partial charge in [-0.3, -0.25) is 9.78 Å². The lowest BCUT2D eigenvalue weighted by atomic mass is 10.2. The Hall–Kier alpha value is -2.11. The topological polar surface area (TPSA) is 73.6 Å². The zero-order valence-corrected chi connectivity index (χ0v) is 11.4. The predicted octanol–water partition coefficient (Wildman–Crippen LogP) is 1.46. The molecule has 2 rings (SSSR count). The van der Waals surface area contributed by atoms with Gasteiger partial charge < -0.3 is 0 Å². The van der Waals surface area contributed by atoms with Crippen LogP contribution in [0.4, 0.5) is 0 Å². The van der Waals surface area contributed by atoms with Gasteiger partial charge in [-0.25, -0.2) is 14.6 Å². The van der Waals surface area contributed by atoms with E-state index in [9.17, 15) is 4.79 Å². The maximum absolute atomic E-state index is 12.1. The molecule has 0 aromatic carbocycles. The molecule has 0 saturated carbocycles. The highest BCUT2D eigenvalue weighted by Gasteiger charge is 2.14. The van der Waals surface area contributed by atoms with Crippen molar-refractivity contribution in [1.29, 1.82) is 0 Å². The van der Waals surface area contributed by atoms with Crippen LogP contribution in [0.3, 0.4) is 0 Å². The van der Waals surface area contributed by atoms with Gasteiger partial charge in [-0.05, 0) is 12.8 Å². The molecule has 0 radical (unpaired) electrons. The minimum Gasteiger partial charge on any atom is -0.292 e. The molecule has 0 unspecified atom stereocenters. The Morgan fingerprint density at radius 1 is 1.26 bits per heavy atom. The summed E-state index contributed by atoms with van der Waals surface area (Å²) in [4.78, 5) is 24.4. The zero-order chi connectivity index (χ0) is 13.8. The van der Waals surface area contributed by atoms with E-state index in [-0.39, 0.29) is 12.2 Å². The van der Waals surface area contributed by atoms with Gasteiger partial charge in [0.2, 0.25) is 0 Å². The van der Waals surface area contributed by atoms with Crippen molar-refractivity contribution in [1.82, 2.24) is 24.7 Å². The van der Waals surface area contributed by atoms with Gasteiger partial charge in [0.1, 0.15) is 17.8 Å². The summed E-state index contributed by atoms with van der Waals surface area (Å²) >= 11 is 0. The molecule has 0 aliphatic carbocycles. The number of aryl methyl sites for hydroxylation is 1. The van der Waals surface area contributed by atoms with Crippen LogP contribution in [0.1, 0.15) is 35.9 Å². The second-order valence-electron chi connectivity index (χ2n) is 4.90. The van der Waals surface area contributed by atoms with Gasteiger partial charge >= 0.3 is 0 Å². The van der Waals surface area contributed by atoms with Crippen LogP contribution in [0.5, 0.6) is 0 Å². The number of nitrogens with zero attached hydrogens (tertiary/aromatic N) is 5. The molecule has 0 atom stereocenters. The Labute approximate surface area is 111 Å². The van der Waals surface area contributed by atoms with Gasteiger partial charge in [0.25, 0.3) is 0 Å². The van der Waals surface area contributed by atoms with Crippen LogP contribution >= 0.6 is 0 Å². The lowest BCUT2D eigenvalue weighted by molar-refractivity contribution is 0.0984. The average Bonchev–Trinajstić information content (AvgIpc) is 2.76. The lowest BCUT2D eigenvalue weighted by Gasteiger charge is -2.07. The average molecular weight is 259 g/mol. The summed E-state index contributed by atoms with van der Waals surface area (Å²) in [6.45, 7) is 6.78. The molecule has 6 nitrogen and oxygen atoms in total. The van der Waals surface area contributed by atoms with Crippen LogP contribution in [0.25, 0.3) is 0 Å². The molecule has 0 aliphatic heterocycles. The van der Waals surface area contributed by atoms with E-state index in [1.54, 1.807) is 10.9 Å². The fraction of sp³-hybridized carbons (Fsp3) is 0.462. The van der Waals surface area contributed by atoms with E-state index in [1.165, 1.54) is 12.5 Å². The number of carbonyl (C=O) groups excluding carboxylic acids is 1. The van der Waals surface area contributed by atoms with Crippen LogP contribution in [0.15, 0.2) is 18.7 Å². The number of carbonyl (C=O) groups is 1. The van der Waals surface area contributed by atoms with Crippen molar-refractivity contribution in [3.8, 4) is 0 Å². The van der Waals surface area contributed by atoms with E-state index in [0.717, 1.165) is 12.2 Å². The predicted molar refractivity (Wildman–Crippen MR) is 69.7 cm³/mol. The van der Waals surface area contributed by atoms with Crippen molar-refractivity contribution in [3.63, 3.8) is 0 Å². The maximum Gasteiger partial charge on any atom is 0.190 e. The lowest BCUT2D eigenvalue weighted by Crippen LogP contribution is -2.15. The Kier molecular flexibility index (Phi) is 3.99. The standard InChI is InChI=1S/C13H17N5O/c1-9(2)7-18-13(16-8-17-18)4-12(19)11-6-14-10(3)5-15-11/h5-6,8-9H,4,7H2,1-3H3. The Morgan fingerprint density at radius 3 is 2.68 bits per heavy atom. The SMILES string of the molecule is Cc1cnc(C(=O)Cc2ncnn2CC(C)C)cn1. The normalized spacial score (nSPS) is 10.9. The second kappa shape index (κ2) is 5.69. The minimum atomic E-state index is -0.0921. The summed E-state index contributed by atoms with van der Waals surface area (Å²) in [6, 6.07) is 0. The van der Waals surface area contributed by atoms with Crippen molar-refractivity contribution >= 4 is 5.78 Å². The third-order valence-electron chi connectivity index (χ3n) is 2.62. The number of Topliss-reactive ketones (excluding diaryl/α,β-unsaturated/α-hetero) is 1. The van der Waals surface area contributed by atoms with Gasteiger partial charge in [-0.1, -0.05) is 13.8 Å². The highest BCUT2D eigenvalue weighted by molar-refractivity contribution is 5.95. The summed E-state index contributed by atoms with van der Waals surface area (Å²) in [6.07, 6.45) is 4.77. The molecule has 0 N–H and O–H groups in total. The molecular formula is C13H17N5O. The third-order valence-corrected chi connectivity index (χ3v) is 2.62. The van der Waals surface area contributed by atoms with Gasteiger partial charge in [0.05, 0.1) is 18.3 Å². The van der Waals surface area contributed by atoms with E-state index in [2.05, 4.69) is 33.9 Å². The molecular weight excluding hydrogens is 242 g/mol. The zero-order valence-electron chi connectivity index (χ0n) is 11.4. The van der Waals surface area contributed by atoms with Crippen molar-refractivity contribution in [3.05, 3.63) is 35.9 Å². The monoisotopic (exact) mass is 259 g/mol. The molecule has 0 spiro atoms. The number of ketones is 1. The molecule has 0 aliphatic rings. The van der Waals surface area contributed by atoms with Gasteiger partial charge in [-0.15, -0.1) is 0 Å². The fourth-order valence-electron chi connectivity index (χ4n) is 1.69. The first kappa shape index (κ1) is 13.3. The number of hydrogen-bond acceptors (Lipinski definition) is 5. The molecule has 0 saturated heterocycles. The van der Waals surface area contributed by atoms with Crippen LogP contribution < -0.4 is 0 Å². The largest absolute Gasteiger partial charge is 0.292 e. The van der Waals surface area contributed by atoms with Gasteiger partial charge in [0, 0.05) is 12.7 Å². The maximum atomic E-state index is 12.1. The van der Waals surface area contributed by atoms with Crippen LogP contribution in [0.2, 0.25) is 0 Å². The number of hydrogen-bond donors (Lipinski definition) is 0. The van der Waals surface area contributed by atoms with Crippen LogP contribution in [-0.2, 0) is 13.0 Å². The summed E-state index contributed by atoms with van der Waals surface area (Å²) in [5, 5.41) is 4.13. The van der Waals surface area contributed by atoms with Crippen molar-refractivity contribution in [2.75, 3.05) is 0 Å². The first-order chi connectivity index (χ1) is 9.06. The Morgan fingerprint density at radius 2 is 2.05 bits per heavy atom. The van der Waals surface area contributed by atoms with Crippen LogP contribution in [0, 0.1) is 12.8 Å². The van der Waals surface area contributed by atoms with Crippen molar-refractivity contribution < 1.29 is 4.79 Å². The van der Waals surface area contributed by atoms with Gasteiger partial charge in [-0.2, -0.15) is 5.10 Å². The smallest absolute Gasteiger partial charge is 0.190 e. The second-order valence-corrected chi connectivity index (χ2v) is 4.90. The van der Waals surface area contributed by atoms with E-state index >= 15 is 0 Å². The Balaban J connectivity index is 2.10. The van der Waals surface area contributed by atoms with E-state index < -0.39 is 0 Å².